The molecule has 1 aromatic heterocycles. The summed E-state index contributed by atoms with van der Waals surface area (Å²) in [6.45, 7) is 8.87. The van der Waals surface area contributed by atoms with Gasteiger partial charge in [-0.15, -0.1) is 12.4 Å². The van der Waals surface area contributed by atoms with E-state index in [2.05, 4.69) is 23.7 Å². The summed E-state index contributed by atoms with van der Waals surface area (Å²) in [6, 6.07) is 8.69. The molecule has 2 heterocycles. The Morgan fingerprint density at radius 2 is 1.83 bits per heavy atom. The Bertz CT molecular complexity index is 764. The quantitative estimate of drug-likeness (QED) is 0.925. The summed E-state index contributed by atoms with van der Waals surface area (Å²) < 4.78 is 0. The first-order valence-corrected chi connectivity index (χ1v) is 8.18. The normalized spacial score (nSPS) is 15.5. The minimum atomic E-state index is -0.149. The third kappa shape index (κ3) is 3.97. The van der Waals surface area contributed by atoms with Gasteiger partial charge in [0.15, 0.2) is 0 Å². The summed E-state index contributed by atoms with van der Waals surface area (Å²) in [7, 11) is 0. The number of aromatic nitrogens is 1. The van der Waals surface area contributed by atoms with Crippen LogP contribution in [0.15, 0.2) is 35.1 Å². The average Bonchev–Trinajstić information content (AvgIpc) is 2.53. The molecule has 6 heteroatoms. The smallest absolute Gasteiger partial charge is 0.254 e. The molecule has 1 N–H and O–H groups in total. The topological polar surface area (TPSA) is 56.4 Å². The van der Waals surface area contributed by atoms with Crippen molar-refractivity contribution in [1.29, 1.82) is 0 Å². The number of amides is 1. The van der Waals surface area contributed by atoms with Crippen LogP contribution >= 0.6 is 12.4 Å². The van der Waals surface area contributed by atoms with Gasteiger partial charge in [0.25, 0.3) is 5.91 Å². The summed E-state index contributed by atoms with van der Waals surface area (Å²) in [6.07, 6.45) is 0. The highest BCUT2D eigenvalue weighted by Gasteiger charge is 2.23. The third-order valence-corrected chi connectivity index (χ3v) is 4.28. The number of halogens is 1. The molecular formula is C18H24ClN3O2. The van der Waals surface area contributed by atoms with E-state index in [4.69, 9.17) is 0 Å². The zero-order chi connectivity index (χ0) is 16.4. The van der Waals surface area contributed by atoms with Crippen molar-refractivity contribution in [3.8, 4) is 0 Å². The highest BCUT2D eigenvalue weighted by atomic mass is 35.5. The van der Waals surface area contributed by atoms with E-state index in [9.17, 15) is 9.59 Å². The molecular weight excluding hydrogens is 326 g/mol. The second-order valence-electron chi connectivity index (χ2n) is 6.58. The number of rotatable bonds is 3. The van der Waals surface area contributed by atoms with Crippen molar-refractivity contribution in [1.82, 2.24) is 14.8 Å². The van der Waals surface area contributed by atoms with Crippen LogP contribution in [0.5, 0.6) is 0 Å². The Kier molecular flexibility index (Phi) is 6.02. The Morgan fingerprint density at radius 1 is 1.12 bits per heavy atom. The molecule has 1 amide bonds. The van der Waals surface area contributed by atoms with E-state index < -0.39 is 0 Å². The number of pyridine rings is 1. The molecule has 24 heavy (non-hydrogen) atoms. The van der Waals surface area contributed by atoms with Gasteiger partial charge in [0, 0.05) is 55.3 Å². The number of carbonyl (C=O) groups is 1. The van der Waals surface area contributed by atoms with Gasteiger partial charge in [0.1, 0.15) is 0 Å². The van der Waals surface area contributed by atoms with Crippen LogP contribution in [0.25, 0.3) is 10.9 Å². The van der Waals surface area contributed by atoms with E-state index in [0.29, 0.717) is 17.0 Å². The molecule has 2 aromatic rings. The predicted molar refractivity (Wildman–Crippen MR) is 99.0 cm³/mol. The lowest BCUT2D eigenvalue weighted by molar-refractivity contribution is 0.0625. The Balaban J connectivity index is 0.00000208. The number of hydrogen-bond acceptors (Lipinski definition) is 3. The zero-order valence-corrected chi connectivity index (χ0v) is 14.9. The molecule has 0 spiro atoms. The van der Waals surface area contributed by atoms with Crippen molar-refractivity contribution >= 4 is 29.2 Å². The monoisotopic (exact) mass is 349 g/mol. The number of hydrogen-bond donors (Lipinski definition) is 1. The summed E-state index contributed by atoms with van der Waals surface area (Å²) in [4.78, 5) is 31.4. The van der Waals surface area contributed by atoms with Gasteiger partial charge in [-0.25, -0.2) is 0 Å². The van der Waals surface area contributed by atoms with Crippen molar-refractivity contribution in [2.45, 2.75) is 13.8 Å². The number of H-pyrrole nitrogens is 1. The van der Waals surface area contributed by atoms with Crippen LogP contribution in [-0.2, 0) is 0 Å². The predicted octanol–water partition coefficient (Wildman–Crippen LogP) is 2.36. The summed E-state index contributed by atoms with van der Waals surface area (Å²) in [5.74, 6) is 0.694. The van der Waals surface area contributed by atoms with E-state index in [1.807, 2.05) is 23.1 Å². The lowest BCUT2D eigenvalue weighted by atomic mass is 10.1. The van der Waals surface area contributed by atoms with Crippen LogP contribution in [0, 0.1) is 5.92 Å². The highest BCUT2D eigenvalue weighted by Crippen LogP contribution is 2.18. The van der Waals surface area contributed by atoms with Gasteiger partial charge in [-0.3, -0.25) is 14.5 Å². The molecule has 0 bridgehead atoms. The molecule has 0 atom stereocenters. The van der Waals surface area contributed by atoms with Gasteiger partial charge in [-0.05, 0) is 24.1 Å². The first-order valence-electron chi connectivity index (χ1n) is 8.18. The molecule has 5 nitrogen and oxygen atoms in total. The van der Waals surface area contributed by atoms with Crippen molar-refractivity contribution in [2.75, 3.05) is 32.7 Å². The first-order chi connectivity index (χ1) is 11.0. The van der Waals surface area contributed by atoms with Crippen molar-refractivity contribution in [3.05, 3.63) is 46.2 Å². The number of benzene rings is 1. The number of nitrogens with one attached hydrogen (secondary N) is 1. The Labute approximate surface area is 148 Å². The second-order valence-corrected chi connectivity index (χ2v) is 6.58. The van der Waals surface area contributed by atoms with Crippen LogP contribution in [0.2, 0.25) is 0 Å². The molecule has 0 unspecified atom stereocenters. The van der Waals surface area contributed by atoms with Crippen LogP contribution in [0.4, 0.5) is 0 Å². The number of carbonyl (C=O) groups excluding carboxylic acids is 1. The van der Waals surface area contributed by atoms with Gasteiger partial charge in [0.05, 0.1) is 0 Å². The Hall–Kier alpha value is -1.85. The fourth-order valence-corrected chi connectivity index (χ4v) is 3.19. The standard InChI is InChI=1S/C18H23N3O2.ClH/c1-13(2)12-20-8-10-21(11-9-20)18(23)15-4-3-5-16-14(15)6-7-17(22)19-16;/h3-7,13H,8-12H2,1-2H3,(H,19,22);1H. The maximum absolute atomic E-state index is 12.8. The lowest BCUT2D eigenvalue weighted by Gasteiger charge is -2.35. The molecule has 3 rings (SSSR count). The van der Waals surface area contributed by atoms with Gasteiger partial charge in [-0.1, -0.05) is 19.9 Å². The molecule has 130 valence electrons. The van der Waals surface area contributed by atoms with E-state index in [1.54, 1.807) is 6.07 Å². The number of piperazine rings is 1. The van der Waals surface area contributed by atoms with E-state index in [0.717, 1.165) is 38.1 Å². The van der Waals surface area contributed by atoms with Crippen LogP contribution in [0.3, 0.4) is 0 Å². The maximum atomic E-state index is 12.8. The average molecular weight is 350 g/mol. The van der Waals surface area contributed by atoms with Crippen LogP contribution < -0.4 is 5.56 Å². The minimum Gasteiger partial charge on any atom is -0.336 e. The number of aromatic amines is 1. The van der Waals surface area contributed by atoms with Crippen LogP contribution in [-0.4, -0.2) is 53.4 Å². The molecule has 1 aliphatic rings. The van der Waals surface area contributed by atoms with Crippen molar-refractivity contribution in [3.63, 3.8) is 0 Å². The first kappa shape index (κ1) is 18.5. The van der Waals surface area contributed by atoms with Crippen molar-refractivity contribution < 1.29 is 4.79 Å². The van der Waals surface area contributed by atoms with E-state index >= 15 is 0 Å². The fourth-order valence-electron chi connectivity index (χ4n) is 3.19. The number of nitrogens with zero attached hydrogens (tertiary/aromatic N) is 2. The SMILES string of the molecule is CC(C)CN1CCN(C(=O)c2cccc3[nH]c(=O)ccc23)CC1.Cl. The molecule has 0 aliphatic carbocycles. The highest BCUT2D eigenvalue weighted by molar-refractivity contribution is 6.06. The van der Waals surface area contributed by atoms with E-state index in [1.165, 1.54) is 6.07 Å². The lowest BCUT2D eigenvalue weighted by Crippen LogP contribution is -2.49. The van der Waals surface area contributed by atoms with Gasteiger partial charge in [0.2, 0.25) is 5.56 Å². The molecule has 0 saturated carbocycles. The van der Waals surface area contributed by atoms with Gasteiger partial charge >= 0.3 is 0 Å². The molecule has 1 aromatic carbocycles. The fraction of sp³-hybridized carbons (Fsp3) is 0.444. The largest absolute Gasteiger partial charge is 0.336 e. The minimum absolute atomic E-state index is 0. The van der Waals surface area contributed by atoms with Gasteiger partial charge in [-0.2, -0.15) is 0 Å². The molecule has 1 aliphatic heterocycles. The maximum Gasteiger partial charge on any atom is 0.254 e. The zero-order valence-electron chi connectivity index (χ0n) is 14.1. The van der Waals surface area contributed by atoms with Gasteiger partial charge < -0.3 is 9.88 Å². The summed E-state index contributed by atoms with van der Waals surface area (Å²) in [5.41, 5.74) is 1.22. The van der Waals surface area contributed by atoms with Crippen molar-refractivity contribution in [2.24, 2.45) is 5.92 Å². The second kappa shape index (κ2) is 7.81. The Morgan fingerprint density at radius 3 is 2.50 bits per heavy atom. The summed E-state index contributed by atoms with van der Waals surface area (Å²) >= 11 is 0. The third-order valence-electron chi connectivity index (χ3n) is 4.28. The molecule has 1 saturated heterocycles. The van der Waals surface area contributed by atoms with Crippen LogP contribution in [0.1, 0.15) is 24.2 Å². The molecule has 0 radical (unpaired) electrons. The number of fused-ring (bicyclic) bond motifs is 1. The molecule has 1 fully saturated rings. The summed E-state index contributed by atoms with van der Waals surface area (Å²) in [5, 5.41) is 0.807. The van der Waals surface area contributed by atoms with E-state index in [-0.39, 0.29) is 23.9 Å².